The first-order chi connectivity index (χ1) is 16.3. The third-order valence-corrected chi connectivity index (χ3v) is 5.40. The van der Waals surface area contributed by atoms with E-state index in [4.69, 9.17) is 5.73 Å². The van der Waals surface area contributed by atoms with Crippen LogP contribution in [0.25, 0.3) is 0 Å². The summed E-state index contributed by atoms with van der Waals surface area (Å²) >= 11 is 0. The van der Waals surface area contributed by atoms with Gasteiger partial charge in [0, 0.05) is 12.2 Å². The average molecular weight is 462 g/mol. The van der Waals surface area contributed by atoms with Crippen LogP contribution in [0.2, 0.25) is 0 Å². The monoisotopic (exact) mass is 461 g/mol. The van der Waals surface area contributed by atoms with Gasteiger partial charge in [-0.1, -0.05) is 48.5 Å². The number of nitrogens with one attached hydrogen (secondary N) is 2. The van der Waals surface area contributed by atoms with Gasteiger partial charge in [0.25, 0.3) is 0 Å². The molecule has 3 aromatic carbocycles. The second-order valence-corrected chi connectivity index (χ2v) is 7.73. The number of rotatable bonds is 8. The van der Waals surface area contributed by atoms with E-state index in [1.807, 2.05) is 0 Å². The molecule has 3 aromatic rings. The maximum absolute atomic E-state index is 13.3. The van der Waals surface area contributed by atoms with E-state index in [0.29, 0.717) is 23.4 Å². The van der Waals surface area contributed by atoms with Crippen molar-refractivity contribution < 1.29 is 24.2 Å². The molecule has 0 saturated heterocycles. The van der Waals surface area contributed by atoms with E-state index in [9.17, 15) is 19.5 Å². The molecule has 0 spiro atoms. The molecule has 0 aliphatic rings. The number of anilines is 1. The Kier molecular flexibility index (Phi) is 8.00. The molecule has 0 aliphatic carbocycles. The van der Waals surface area contributed by atoms with Crippen molar-refractivity contribution in [1.82, 2.24) is 5.32 Å². The first-order valence-corrected chi connectivity index (χ1v) is 10.7. The lowest BCUT2D eigenvalue weighted by Crippen LogP contribution is -2.37. The predicted octanol–water partition coefficient (Wildman–Crippen LogP) is 3.24. The molecule has 0 saturated carbocycles. The molecular formula is C26H27N3O5. The molecule has 3 rings (SSSR count). The molecule has 0 heterocycles. The molecule has 2 unspecified atom stereocenters. The molecule has 8 heteroatoms. The highest BCUT2D eigenvalue weighted by molar-refractivity contribution is 6.11. The summed E-state index contributed by atoms with van der Waals surface area (Å²) in [5, 5.41) is 15.6. The molecule has 0 radical (unpaired) electrons. The number of ether oxygens (including phenoxy) is 1. The minimum absolute atomic E-state index is 0.0145. The van der Waals surface area contributed by atoms with Crippen LogP contribution in [0.3, 0.4) is 0 Å². The number of aromatic hydroxyl groups is 1. The molecular weight excluding hydrogens is 434 g/mol. The zero-order chi connectivity index (χ0) is 24.7. The number of methoxy groups -OCH3 is 1. The normalized spacial score (nSPS) is 12.3. The van der Waals surface area contributed by atoms with Gasteiger partial charge in [-0.05, 0) is 47.9 Å². The predicted molar refractivity (Wildman–Crippen MR) is 128 cm³/mol. The average Bonchev–Trinajstić information content (AvgIpc) is 2.85. The summed E-state index contributed by atoms with van der Waals surface area (Å²) in [5.74, 6) is -3.04. The van der Waals surface area contributed by atoms with E-state index in [2.05, 4.69) is 15.4 Å². The van der Waals surface area contributed by atoms with Crippen LogP contribution in [0.4, 0.5) is 5.69 Å². The van der Waals surface area contributed by atoms with E-state index in [0.717, 1.165) is 5.56 Å². The minimum Gasteiger partial charge on any atom is -0.507 e. The number of nitrogens with two attached hydrogens (primary N) is 1. The van der Waals surface area contributed by atoms with Crippen molar-refractivity contribution in [2.75, 3.05) is 12.4 Å². The Morgan fingerprint density at radius 2 is 1.62 bits per heavy atom. The van der Waals surface area contributed by atoms with Crippen molar-refractivity contribution in [3.05, 3.63) is 95.1 Å². The van der Waals surface area contributed by atoms with Crippen LogP contribution in [-0.4, -0.2) is 30.0 Å². The second-order valence-electron chi connectivity index (χ2n) is 7.73. The standard InChI is InChI=1S/C26H27N3O5/c1-16(19-10-13-22(30)21(14-19)26(33)34-2)28-24(31)23(18-6-4-3-5-7-18)25(32)29-20-11-8-17(15-27)9-12-20/h3-14,16,23,30H,15,27H2,1-2H3,(H,28,31)(H,29,32). The lowest BCUT2D eigenvalue weighted by Gasteiger charge is -2.21. The summed E-state index contributed by atoms with van der Waals surface area (Å²) in [5.41, 5.74) is 8.17. The van der Waals surface area contributed by atoms with Gasteiger partial charge < -0.3 is 26.2 Å². The summed E-state index contributed by atoms with van der Waals surface area (Å²) in [7, 11) is 1.21. The maximum Gasteiger partial charge on any atom is 0.341 e. The van der Waals surface area contributed by atoms with E-state index in [-0.39, 0.29) is 11.3 Å². The zero-order valence-electron chi connectivity index (χ0n) is 18.9. The number of carbonyl (C=O) groups excluding carboxylic acids is 3. The number of amides is 2. The zero-order valence-corrected chi connectivity index (χ0v) is 18.9. The van der Waals surface area contributed by atoms with Gasteiger partial charge in [-0.15, -0.1) is 0 Å². The van der Waals surface area contributed by atoms with Gasteiger partial charge in [-0.2, -0.15) is 0 Å². The van der Waals surface area contributed by atoms with Gasteiger partial charge >= 0.3 is 5.97 Å². The fourth-order valence-corrected chi connectivity index (χ4v) is 3.48. The Balaban J connectivity index is 1.83. The Morgan fingerprint density at radius 1 is 0.941 bits per heavy atom. The summed E-state index contributed by atoms with van der Waals surface area (Å²) in [6.45, 7) is 2.10. The minimum atomic E-state index is -1.12. The number of esters is 1. The number of phenols is 1. The van der Waals surface area contributed by atoms with Crippen LogP contribution in [-0.2, 0) is 20.9 Å². The van der Waals surface area contributed by atoms with Gasteiger partial charge in [-0.3, -0.25) is 9.59 Å². The van der Waals surface area contributed by atoms with Crippen molar-refractivity contribution in [2.45, 2.75) is 25.4 Å². The molecule has 0 aromatic heterocycles. The van der Waals surface area contributed by atoms with Gasteiger partial charge in [0.05, 0.1) is 13.2 Å². The van der Waals surface area contributed by atoms with E-state index in [1.54, 1.807) is 67.6 Å². The van der Waals surface area contributed by atoms with Gasteiger partial charge in [0.15, 0.2) is 0 Å². The molecule has 176 valence electrons. The van der Waals surface area contributed by atoms with Crippen LogP contribution in [0.15, 0.2) is 72.8 Å². The number of carbonyl (C=O) groups is 3. The molecule has 0 aliphatic heterocycles. The first kappa shape index (κ1) is 24.5. The van der Waals surface area contributed by atoms with Gasteiger partial charge in [-0.25, -0.2) is 4.79 Å². The van der Waals surface area contributed by atoms with Crippen molar-refractivity contribution in [3.8, 4) is 5.75 Å². The van der Waals surface area contributed by atoms with Gasteiger partial charge in [0.1, 0.15) is 17.2 Å². The van der Waals surface area contributed by atoms with Crippen LogP contribution in [0, 0.1) is 0 Å². The molecule has 2 amide bonds. The molecule has 0 bridgehead atoms. The molecule has 2 atom stereocenters. The number of hydrogen-bond donors (Lipinski definition) is 4. The lowest BCUT2D eigenvalue weighted by molar-refractivity contribution is -0.129. The Labute approximate surface area is 197 Å². The van der Waals surface area contributed by atoms with Crippen LogP contribution in [0.5, 0.6) is 5.75 Å². The summed E-state index contributed by atoms with van der Waals surface area (Å²) in [6.07, 6.45) is 0. The number of phenolic OH excluding ortho intramolecular Hbond substituents is 1. The first-order valence-electron chi connectivity index (χ1n) is 10.7. The van der Waals surface area contributed by atoms with Crippen molar-refractivity contribution in [3.63, 3.8) is 0 Å². The SMILES string of the molecule is COC(=O)c1cc(C(C)NC(=O)C(C(=O)Nc2ccc(CN)cc2)c2ccccc2)ccc1O. The molecule has 5 N–H and O–H groups in total. The summed E-state index contributed by atoms with van der Waals surface area (Å²) < 4.78 is 4.69. The molecule has 8 nitrogen and oxygen atoms in total. The number of benzene rings is 3. The Hall–Kier alpha value is -4.17. The van der Waals surface area contributed by atoms with Crippen molar-refractivity contribution >= 4 is 23.5 Å². The van der Waals surface area contributed by atoms with E-state index >= 15 is 0 Å². The summed E-state index contributed by atoms with van der Waals surface area (Å²) in [6, 6.07) is 19.6. The lowest BCUT2D eigenvalue weighted by atomic mass is 9.96. The highest BCUT2D eigenvalue weighted by Gasteiger charge is 2.30. The smallest absolute Gasteiger partial charge is 0.341 e. The molecule has 34 heavy (non-hydrogen) atoms. The van der Waals surface area contributed by atoms with Gasteiger partial charge in [0.2, 0.25) is 11.8 Å². The Morgan fingerprint density at radius 3 is 2.24 bits per heavy atom. The second kappa shape index (κ2) is 11.1. The van der Waals surface area contributed by atoms with Crippen LogP contribution >= 0.6 is 0 Å². The Bertz CT molecular complexity index is 1160. The highest BCUT2D eigenvalue weighted by Crippen LogP contribution is 2.25. The third kappa shape index (κ3) is 5.79. The maximum atomic E-state index is 13.3. The fraction of sp³-hybridized carbons (Fsp3) is 0.192. The fourth-order valence-electron chi connectivity index (χ4n) is 3.48. The van der Waals surface area contributed by atoms with E-state index < -0.39 is 29.7 Å². The third-order valence-electron chi connectivity index (χ3n) is 5.40. The topological polar surface area (TPSA) is 131 Å². The van der Waals surface area contributed by atoms with Crippen molar-refractivity contribution in [2.24, 2.45) is 5.73 Å². The number of hydrogen-bond acceptors (Lipinski definition) is 6. The highest BCUT2D eigenvalue weighted by atomic mass is 16.5. The van der Waals surface area contributed by atoms with Crippen LogP contribution in [0.1, 0.15) is 45.9 Å². The molecule has 0 fully saturated rings. The summed E-state index contributed by atoms with van der Waals surface area (Å²) in [4.78, 5) is 38.3. The van der Waals surface area contributed by atoms with E-state index in [1.165, 1.54) is 19.2 Å². The largest absolute Gasteiger partial charge is 0.507 e. The van der Waals surface area contributed by atoms with Crippen molar-refractivity contribution in [1.29, 1.82) is 0 Å². The quantitative estimate of drug-likeness (QED) is 0.301. The van der Waals surface area contributed by atoms with Crippen LogP contribution < -0.4 is 16.4 Å².